The summed E-state index contributed by atoms with van der Waals surface area (Å²) in [5.74, 6) is 0.644. The van der Waals surface area contributed by atoms with Crippen LogP contribution in [0.5, 0.6) is 5.75 Å². The summed E-state index contributed by atoms with van der Waals surface area (Å²) in [4.78, 5) is 14.5. The summed E-state index contributed by atoms with van der Waals surface area (Å²) < 4.78 is 17.2. The quantitative estimate of drug-likeness (QED) is 0.705. The molecule has 0 atom stereocenters. The molecular formula is C12H19FN2O2. The van der Waals surface area contributed by atoms with Gasteiger partial charge in [0.05, 0.1) is 19.5 Å². The number of aromatic amines is 1. The monoisotopic (exact) mass is 242 g/mol. The number of rotatable bonds is 7. The zero-order valence-electron chi connectivity index (χ0n) is 10.1. The average molecular weight is 242 g/mol. The largest absolute Gasteiger partial charge is 0.495 e. The number of methoxy groups -OCH3 is 1. The van der Waals surface area contributed by atoms with Gasteiger partial charge >= 0.3 is 0 Å². The third kappa shape index (κ3) is 3.85. The highest BCUT2D eigenvalue weighted by Crippen LogP contribution is 2.16. The van der Waals surface area contributed by atoms with E-state index in [-0.39, 0.29) is 12.2 Å². The summed E-state index contributed by atoms with van der Waals surface area (Å²) in [6, 6.07) is 1.72. The normalized spacial score (nSPS) is 10.5. The molecule has 0 radical (unpaired) electrons. The lowest BCUT2D eigenvalue weighted by Crippen LogP contribution is -2.17. The Balaban J connectivity index is 2.88. The van der Waals surface area contributed by atoms with Crippen molar-refractivity contribution in [2.75, 3.05) is 20.3 Å². The van der Waals surface area contributed by atoms with Crippen LogP contribution in [0.1, 0.15) is 24.1 Å². The first-order valence-electron chi connectivity index (χ1n) is 5.78. The third-order valence-corrected chi connectivity index (χ3v) is 2.60. The minimum atomic E-state index is -0.347. The smallest absolute Gasteiger partial charge is 0.251 e. The second-order valence-corrected chi connectivity index (χ2v) is 3.86. The fraction of sp³-hybridized carbons (Fsp3) is 0.583. The van der Waals surface area contributed by atoms with Crippen molar-refractivity contribution in [1.29, 1.82) is 0 Å². The predicted octanol–water partition coefficient (Wildman–Crippen LogP) is 1.18. The summed E-state index contributed by atoms with van der Waals surface area (Å²) >= 11 is 0. The van der Waals surface area contributed by atoms with Gasteiger partial charge in [-0.25, -0.2) is 0 Å². The molecule has 0 saturated heterocycles. The fourth-order valence-corrected chi connectivity index (χ4v) is 1.70. The van der Waals surface area contributed by atoms with E-state index in [1.165, 1.54) is 0 Å². The standard InChI is InChI=1S/C12H19FN2O2/c1-17-11-8-9(4-2-3-6-13)12(16)15-10(11)5-7-14/h8H,2-7,14H2,1H3,(H,15,16). The summed E-state index contributed by atoms with van der Waals surface area (Å²) in [6.45, 7) is 0.105. The van der Waals surface area contributed by atoms with Crippen molar-refractivity contribution in [3.05, 3.63) is 27.7 Å². The molecular weight excluding hydrogens is 223 g/mol. The van der Waals surface area contributed by atoms with Crippen molar-refractivity contribution < 1.29 is 9.13 Å². The molecule has 0 spiro atoms. The van der Waals surface area contributed by atoms with Gasteiger partial charge in [0, 0.05) is 12.0 Å². The molecule has 17 heavy (non-hydrogen) atoms. The SMILES string of the molecule is COc1cc(CCCCF)c(=O)[nH]c1CCN. The Morgan fingerprint density at radius 1 is 1.41 bits per heavy atom. The predicted molar refractivity (Wildman–Crippen MR) is 65.3 cm³/mol. The number of ether oxygens (including phenoxy) is 1. The van der Waals surface area contributed by atoms with Gasteiger partial charge in [0.15, 0.2) is 0 Å². The molecule has 0 aromatic carbocycles. The van der Waals surface area contributed by atoms with Gasteiger partial charge in [-0.05, 0) is 31.9 Å². The summed E-state index contributed by atoms with van der Waals surface area (Å²) in [5.41, 5.74) is 6.67. The Labute approximate surface area is 100.0 Å². The van der Waals surface area contributed by atoms with Crippen molar-refractivity contribution in [3.63, 3.8) is 0 Å². The van der Waals surface area contributed by atoms with E-state index in [9.17, 15) is 9.18 Å². The third-order valence-electron chi connectivity index (χ3n) is 2.60. The second-order valence-electron chi connectivity index (χ2n) is 3.86. The minimum Gasteiger partial charge on any atom is -0.495 e. The number of halogens is 1. The molecule has 0 unspecified atom stereocenters. The molecule has 1 rings (SSSR count). The van der Waals surface area contributed by atoms with E-state index in [4.69, 9.17) is 10.5 Å². The Morgan fingerprint density at radius 3 is 2.76 bits per heavy atom. The van der Waals surface area contributed by atoms with Crippen LogP contribution in [0.15, 0.2) is 10.9 Å². The second kappa shape index (κ2) is 7.06. The molecule has 0 aliphatic rings. The number of pyridine rings is 1. The highest BCUT2D eigenvalue weighted by molar-refractivity contribution is 5.32. The van der Waals surface area contributed by atoms with Crippen LogP contribution in [0.4, 0.5) is 4.39 Å². The van der Waals surface area contributed by atoms with E-state index in [1.54, 1.807) is 13.2 Å². The van der Waals surface area contributed by atoms with Crippen LogP contribution < -0.4 is 16.0 Å². The van der Waals surface area contributed by atoms with E-state index >= 15 is 0 Å². The van der Waals surface area contributed by atoms with Gasteiger partial charge in [-0.2, -0.15) is 0 Å². The Kier molecular flexibility index (Phi) is 5.69. The zero-order valence-corrected chi connectivity index (χ0v) is 10.1. The number of aromatic nitrogens is 1. The lowest BCUT2D eigenvalue weighted by atomic mass is 10.1. The number of H-pyrrole nitrogens is 1. The van der Waals surface area contributed by atoms with Crippen LogP contribution in [0, 0.1) is 0 Å². The van der Waals surface area contributed by atoms with Crippen molar-refractivity contribution in [1.82, 2.24) is 4.98 Å². The van der Waals surface area contributed by atoms with E-state index < -0.39 is 0 Å². The highest BCUT2D eigenvalue weighted by Gasteiger charge is 2.08. The number of unbranched alkanes of at least 4 members (excludes halogenated alkanes) is 1. The number of hydrogen-bond acceptors (Lipinski definition) is 3. The van der Waals surface area contributed by atoms with Gasteiger partial charge in [0.1, 0.15) is 5.75 Å². The molecule has 0 fully saturated rings. The molecule has 0 saturated carbocycles. The van der Waals surface area contributed by atoms with Crippen LogP contribution in [0.25, 0.3) is 0 Å². The first-order chi connectivity index (χ1) is 8.22. The number of nitrogens with one attached hydrogen (secondary N) is 1. The highest BCUT2D eigenvalue weighted by atomic mass is 19.1. The molecule has 0 aliphatic heterocycles. The molecule has 1 heterocycles. The maximum atomic E-state index is 12.0. The molecule has 0 aliphatic carbocycles. The van der Waals surface area contributed by atoms with E-state index in [0.29, 0.717) is 49.2 Å². The molecule has 0 amide bonds. The molecule has 3 N–H and O–H groups in total. The fourth-order valence-electron chi connectivity index (χ4n) is 1.70. The van der Waals surface area contributed by atoms with Crippen LogP contribution in [-0.4, -0.2) is 25.3 Å². The number of alkyl halides is 1. The van der Waals surface area contributed by atoms with E-state index in [2.05, 4.69) is 4.98 Å². The van der Waals surface area contributed by atoms with Crippen molar-refractivity contribution >= 4 is 0 Å². The van der Waals surface area contributed by atoms with Crippen LogP contribution >= 0.6 is 0 Å². The van der Waals surface area contributed by atoms with Gasteiger partial charge in [-0.1, -0.05) is 0 Å². The first kappa shape index (κ1) is 13.7. The molecule has 1 aromatic rings. The van der Waals surface area contributed by atoms with Crippen molar-refractivity contribution in [2.45, 2.75) is 25.7 Å². The van der Waals surface area contributed by atoms with Crippen molar-refractivity contribution in [2.24, 2.45) is 5.73 Å². The number of nitrogens with two attached hydrogens (primary N) is 1. The lowest BCUT2D eigenvalue weighted by Gasteiger charge is -2.09. The van der Waals surface area contributed by atoms with Gasteiger partial charge in [-0.15, -0.1) is 0 Å². The Bertz CT molecular complexity index is 404. The minimum absolute atomic E-state index is 0.131. The first-order valence-corrected chi connectivity index (χ1v) is 5.78. The van der Waals surface area contributed by atoms with E-state index in [1.807, 2.05) is 0 Å². The zero-order chi connectivity index (χ0) is 12.7. The van der Waals surface area contributed by atoms with E-state index in [0.717, 1.165) is 0 Å². The average Bonchev–Trinajstić information content (AvgIpc) is 2.32. The van der Waals surface area contributed by atoms with Crippen LogP contribution in [-0.2, 0) is 12.8 Å². The van der Waals surface area contributed by atoms with Gasteiger partial charge < -0.3 is 15.5 Å². The summed E-state index contributed by atoms with van der Waals surface area (Å²) in [6.07, 6.45) is 2.28. The summed E-state index contributed by atoms with van der Waals surface area (Å²) in [5, 5.41) is 0. The molecule has 1 aromatic heterocycles. The van der Waals surface area contributed by atoms with Gasteiger partial charge in [0.2, 0.25) is 0 Å². The Hall–Kier alpha value is -1.36. The van der Waals surface area contributed by atoms with Gasteiger partial charge in [0.25, 0.3) is 5.56 Å². The molecule has 5 heteroatoms. The maximum absolute atomic E-state index is 12.0. The molecule has 0 bridgehead atoms. The Morgan fingerprint density at radius 2 is 2.18 bits per heavy atom. The number of aryl methyl sites for hydroxylation is 1. The topological polar surface area (TPSA) is 68.1 Å². The molecule has 4 nitrogen and oxygen atoms in total. The maximum Gasteiger partial charge on any atom is 0.251 e. The number of hydrogen-bond donors (Lipinski definition) is 2. The lowest BCUT2D eigenvalue weighted by molar-refractivity contribution is 0.405. The van der Waals surface area contributed by atoms with Crippen LogP contribution in [0.2, 0.25) is 0 Å². The van der Waals surface area contributed by atoms with Crippen LogP contribution in [0.3, 0.4) is 0 Å². The van der Waals surface area contributed by atoms with Crippen molar-refractivity contribution in [3.8, 4) is 5.75 Å². The van der Waals surface area contributed by atoms with Gasteiger partial charge in [-0.3, -0.25) is 9.18 Å². The summed E-state index contributed by atoms with van der Waals surface area (Å²) in [7, 11) is 1.55. The molecule has 96 valence electrons.